The van der Waals surface area contributed by atoms with Gasteiger partial charge in [-0.25, -0.2) is 9.67 Å². The molecule has 4 rings (SSSR count). The highest BCUT2D eigenvalue weighted by Crippen LogP contribution is 2.26. The van der Waals surface area contributed by atoms with Gasteiger partial charge in [0.1, 0.15) is 5.01 Å². The molecular weight excluding hydrogens is 396 g/mol. The predicted octanol–water partition coefficient (Wildman–Crippen LogP) is 4.23. The quantitative estimate of drug-likeness (QED) is 0.485. The Morgan fingerprint density at radius 3 is 2.63 bits per heavy atom. The summed E-state index contributed by atoms with van der Waals surface area (Å²) in [5.74, 6) is -0.139. The molecule has 2 aromatic heterocycles. The molecule has 2 heterocycles. The van der Waals surface area contributed by atoms with Crippen LogP contribution in [0.3, 0.4) is 0 Å². The van der Waals surface area contributed by atoms with Gasteiger partial charge < -0.3 is 5.32 Å². The van der Waals surface area contributed by atoms with Gasteiger partial charge in [-0.15, -0.1) is 11.3 Å². The summed E-state index contributed by atoms with van der Waals surface area (Å²) in [6.07, 6.45) is 1.95. The smallest absolute Gasteiger partial charge is 0.274 e. The van der Waals surface area contributed by atoms with Crippen LogP contribution >= 0.6 is 11.3 Å². The highest BCUT2D eigenvalue weighted by molar-refractivity contribution is 7.18. The first kappa shape index (κ1) is 20.2. The Bertz CT molecular complexity index is 1230. The maximum atomic E-state index is 12.8. The summed E-state index contributed by atoms with van der Waals surface area (Å²) in [5, 5.41) is 9.76. The van der Waals surface area contributed by atoms with Gasteiger partial charge in [-0.05, 0) is 31.5 Å². The molecule has 0 aliphatic rings. The van der Waals surface area contributed by atoms with Crippen molar-refractivity contribution in [3.8, 4) is 0 Å². The van der Waals surface area contributed by atoms with E-state index in [2.05, 4.69) is 22.3 Å². The number of para-hydroxylation sites is 1. The number of carbonyl (C=O) groups excluding carboxylic acids is 1. The van der Waals surface area contributed by atoms with Crippen LogP contribution in [0.1, 0.15) is 43.4 Å². The molecule has 0 unspecified atom stereocenters. The number of thiazole rings is 1. The van der Waals surface area contributed by atoms with E-state index in [0.29, 0.717) is 17.6 Å². The molecule has 0 radical (unpaired) electrons. The number of nitrogens with one attached hydrogen (secondary N) is 1. The standard InChI is InChI=1S/C23H24N4O2S/c1-3-4-13-27-23(29)17-10-6-5-9-16(17)19(26-27)14-21(28)24-15(2)22-25-18-11-7-8-12-20(18)30-22/h5-12,15H,3-4,13-14H2,1-2H3,(H,24,28)/t15-/m1/s1. The zero-order chi connectivity index (χ0) is 21.1. The van der Waals surface area contributed by atoms with Crippen molar-refractivity contribution in [2.45, 2.75) is 45.7 Å². The number of unbranched alkanes of at least 4 members (excludes halogenated alkanes) is 1. The molecule has 1 atom stereocenters. The van der Waals surface area contributed by atoms with Crippen LogP contribution in [-0.4, -0.2) is 20.7 Å². The SMILES string of the molecule is CCCCn1nc(CC(=O)N[C@H](C)c2nc3ccccc3s2)c2ccccc2c1=O. The van der Waals surface area contributed by atoms with Crippen molar-refractivity contribution in [3.63, 3.8) is 0 Å². The van der Waals surface area contributed by atoms with Crippen LogP contribution < -0.4 is 10.9 Å². The Hall–Kier alpha value is -3.06. The molecule has 7 heteroatoms. The first-order chi connectivity index (χ1) is 14.6. The molecule has 0 saturated carbocycles. The Labute approximate surface area is 178 Å². The first-order valence-electron chi connectivity index (χ1n) is 10.2. The zero-order valence-electron chi connectivity index (χ0n) is 17.1. The van der Waals surface area contributed by atoms with Gasteiger partial charge in [0.05, 0.1) is 33.8 Å². The maximum Gasteiger partial charge on any atom is 0.274 e. The van der Waals surface area contributed by atoms with Gasteiger partial charge in [-0.2, -0.15) is 5.10 Å². The van der Waals surface area contributed by atoms with Crippen LogP contribution in [0, 0.1) is 0 Å². The van der Waals surface area contributed by atoms with Crippen LogP contribution in [0.15, 0.2) is 53.3 Å². The molecule has 0 bridgehead atoms. The Morgan fingerprint density at radius 1 is 1.13 bits per heavy atom. The van der Waals surface area contributed by atoms with Crippen molar-refractivity contribution in [2.24, 2.45) is 0 Å². The van der Waals surface area contributed by atoms with E-state index in [1.54, 1.807) is 17.4 Å². The molecule has 4 aromatic rings. The first-order valence-corrected chi connectivity index (χ1v) is 11.0. The monoisotopic (exact) mass is 420 g/mol. The predicted molar refractivity (Wildman–Crippen MR) is 121 cm³/mol. The molecule has 1 amide bonds. The molecule has 0 fully saturated rings. The molecule has 0 spiro atoms. The van der Waals surface area contributed by atoms with Gasteiger partial charge in [-0.1, -0.05) is 43.7 Å². The fourth-order valence-corrected chi connectivity index (χ4v) is 4.45. The van der Waals surface area contributed by atoms with E-state index in [-0.39, 0.29) is 23.9 Å². The van der Waals surface area contributed by atoms with Crippen LogP contribution in [0.25, 0.3) is 21.0 Å². The van der Waals surface area contributed by atoms with Gasteiger partial charge in [-0.3, -0.25) is 9.59 Å². The molecule has 2 aromatic carbocycles. The van der Waals surface area contributed by atoms with E-state index in [4.69, 9.17) is 0 Å². The minimum absolute atomic E-state index is 0.106. The van der Waals surface area contributed by atoms with Crippen LogP contribution in [0.4, 0.5) is 0 Å². The number of carbonyl (C=O) groups is 1. The number of amides is 1. The average Bonchev–Trinajstić information content (AvgIpc) is 3.19. The van der Waals surface area contributed by atoms with E-state index < -0.39 is 0 Å². The number of fused-ring (bicyclic) bond motifs is 2. The summed E-state index contributed by atoms with van der Waals surface area (Å²) in [6, 6.07) is 15.1. The second-order valence-corrected chi connectivity index (χ2v) is 8.42. The third-order valence-corrected chi connectivity index (χ3v) is 6.27. The number of nitrogens with zero attached hydrogens (tertiary/aromatic N) is 3. The number of aryl methyl sites for hydroxylation is 1. The summed E-state index contributed by atoms with van der Waals surface area (Å²) in [4.78, 5) is 30.1. The van der Waals surface area contributed by atoms with Gasteiger partial charge in [0.25, 0.3) is 5.56 Å². The number of benzene rings is 2. The third-order valence-electron chi connectivity index (χ3n) is 5.05. The number of hydrogen-bond acceptors (Lipinski definition) is 5. The maximum absolute atomic E-state index is 12.8. The van der Waals surface area contributed by atoms with E-state index in [0.717, 1.165) is 33.5 Å². The highest BCUT2D eigenvalue weighted by Gasteiger charge is 2.17. The summed E-state index contributed by atoms with van der Waals surface area (Å²) >= 11 is 1.58. The number of rotatable bonds is 7. The summed E-state index contributed by atoms with van der Waals surface area (Å²) in [5.41, 5.74) is 1.45. The minimum atomic E-state index is -0.202. The van der Waals surface area contributed by atoms with Crippen LogP contribution in [0.5, 0.6) is 0 Å². The Balaban J connectivity index is 1.57. The Morgan fingerprint density at radius 2 is 1.87 bits per heavy atom. The zero-order valence-corrected chi connectivity index (χ0v) is 17.9. The van der Waals surface area contributed by atoms with Crippen molar-refractivity contribution in [3.05, 3.63) is 69.6 Å². The van der Waals surface area contributed by atoms with Gasteiger partial charge in [0.15, 0.2) is 0 Å². The molecule has 0 aliphatic heterocycles. The van der Waals surface area contributed by atoms with Crippen LogP contribution in [0.2, 0.25) is 0 Å². The lowest BCUT2D eigenvalue weighted by Crippen LogP contribution is -2.30. The molecule has 154 valence electrons. The van der Waals surface area contributed by atoms with Gasteiger partial charge >= 0.3 is 0 Å². The lowest BCUT2D eigenvalue weighted by molar-refractivity contribution is -0.121. The minimum Gasteiger partial charge on any atom is -0.347 e. The lowest BCUT2D eigenvalue weighted by Gasteiger charge is -2.13. The number of aromatic nitrogens is 3. The summed E-state index contributed by atoms with van der Waals surface area (Å²) in [7, 11) is 0. The van der Waals surface area contributed by atoms with Crippen molar-refractivity contribution >= 4 is 38.2 Å². The van der Waals surface area contributed by atoms with E-state index in [1.165, 1.54) is 4.68 Å². The third kappa shape index (κ3) is 4.11. The van der Waals surface area contributed by atoms with E-state index in [9.17, 15) is 9.59 Å². The molecule has 1 N–H and O–H groups in total. The summed E-state index contributed by atoms with van der Waals surface area (Å²) in [6.45, 7) is 4.56. The summed E-state index contributed by atoms with van der Waals surface area (Å²) < 4.78 is 2.59. The van der Waals surface area contributed by atoms with Crippen LogP contribution in [-0.2, 0) is 17.8 Å². The van der Waals surface area contributed by atoms with Crippen molar-refractivity contribution in [1.29, 1.82) is 0 Å². The highest BCUT2D eigenvalue weighted by atomic mass is 32.1. The largest absolute Gasteiger partial charge is 0.347 e. The normalized spacial score (nSPS) is 12.3. The van der Waals surface area contributed by atoms with Crippen molar-refractivity contribution in [2.75, 3.05) is 0 Å². The lowest BCUT2D eigenvalue weighted by atomic mass is 10.1. The Kier molecular flexibility index (Phi) is 5.90. The topological polar surface area (TPSA) is 76.9 Å². The van der Waals surface area contributed by atoms with E-state index >= 15 is 0 Å². The fraction of sp³-hybridized carbons (Fsp3) is 0.304. The molecule has 0 aliphatic carbocycles. The second kappa shape index (κ2) is 8.75. The van der Waals surface area contributed by atoms with Crippen molar-refractivity contribution < 1.29 is 4.79 Å². The van der Waals surface area contributed by atoms with Gasteiger partial charge in [0.2, 0.25) is 5.91 Å². The molecule has 0 saturated heterocycles. The molecule has 6 nitrogen and oxygen atoms in total. The average molecular weight is 421 g/mol. The fourth-order valence-electron chi connectivity index (χ4n) is 3.48. The number of hydrogen-bond donors (Lipinski definition) is 1. The molecule has 30 heavy (non-hydrogen) atoms. The second-order valence-electron chi connectivity index (χ2n) is 7.36. The molecular formula is C23H24N4O2S. The van der Waals surface area contributed by atoms with E-state index in [1.807, 2.05) is 49.4 Å². The van der Waals surface area contributed by atoms with Gasteiger partial charge in [0, 0.05) is 11.9 Å². The van der Waals surface area contributed by atoms with Crippen molar-refractivity contribution in [1.82, 2.24) is 20.1 Å².